The van der Waals surface area contributed by atoms with Crippen LogP contribution in [0.1, 0.15) is 24.8 Å². The van der Waals surface area contributed by atoms with E-state index >= 15 is 0 Å². The van der Waals surface area contributed by atoms with Gasteiger partial charge in [0.05, 0.1) is 26.1 Å². The topological polar surface area (TPSA) is 85.7 Å². The van der Waals surface area contributed by atoms with Gasteiger partial charge >= 0.3 is 6.09 Å². The number of hydrogen-bond donors (Lipinski definition) is 1. The van der Waals surface area contributed by atoms with Crippen LogP contribution in [-0.2, 0) is 16.1 Å². The van der Waals surface area contributed by atoms with E-state index in [1.54, 1.807) is 18.0 Å². The molecule has 3 rings (SSSR count). The van der Waals surface area contributed by atoms with E-state index in [4.69, 9.17) is 9.47 Å². The molecule has 1 aromatic heterocycles. The van der Waals surface area contributed by atoms with E-state index in [2.05, 4.69) is 10.4 Å². The lowest BCUT2D eigenvalue weighted by Gasteiger charge is -2.33. The maximum Gasteiger partial charge on any atom is 0.410 e. The summed E-state index contributed by atoms with van der Waals surface area (Å²) in [4.78, 5) is 25.9. The number of piperidine rings is 1. The molecule has 27 heavy (non-hydrogen) atoms. The van der Waals surface area contributed by atoms with Gasteiger partial charge in [-0.2, -0.15) is 5.10 Å². The summed E-state index contributed by atoms with van der Waals surface area (Å²) in [6.07, 6.45) is 5.54. The number of rotatable bonds is 5. The summed E-state index contributed by atoms with van der Waals surface area (Å²) in [6, 6.07) is 7.08. The quantitative estimate of drug-likeness (QED) is 0.869. The zero-order valence-electron chi connectivity index (χ0n) is 15.6. The van der Waals surface area contributed by atoms with Crippen LogP contribution in [0.3, 0.4) is 0 Å². The number of nitrogens with zero attached hydrogens (tertiary/aromatic N) is 3. The molecule has 2 aromatic rings. The highest BCUT2D eigenvalue weighted by molar-refractivity contribution is 5.85. The maximum atomic E-state index is 12.6. The Morgan fingerprint density at radius 2 is 2.15 bits per heavy atom. The van der Waals surface area contributed by atoms with E-state index in [1.807, 2.05) is 30.5 Å². The van der Waals surface area contributed by atoms with Crippen molar-refractivity contribution in [2.75, 3.05) is 20.8 Å². The summed E-state index contributed by atoms with van der Waals surface area (Å²) in [6.45, 7) is 0.882. The van der Waals surface area contributed by atoms with Gasteiger partial charge in [0.1, 0.15) is 11.8 Å². The summed E-state index contributed by atoms with van der Waals surface area (Å²) in [5.74, 6) is 0.576. The van der Waals surface area contributed by atoms with E-state index in [0.717, 1.165) is 29.8 Å². The first kappa shape index (κ1) is 18.8. The van der Waals surface area contributed by atoms with Crippen molar-refractivity contribution >= 4 is 12.0 Å². The number of benzene rings is 1. The number of aromatic nitrogens is 2. The zero-order chi connectivity index (χ0) is 19.2. The third kappa shape index (κ3) is 4.39. The van der Waals surface area contributed by atoms with Crippen LogP contribution < -0.4 is 10.1 Å². The molecule has 2 heterocycles. The molecular formula is C19H24N4O4. The molecule has 0 aliphatic carbocycles. The van der Waals surface area contributed by atoms with Crippen molar-refractivity contribution < 1.29 is 19.1 Å². The smallest absolute Gasteiger partial charge is 0.410 e. The van der Waals surface area contributed by atoms with Gasteiger partial charge in [0.2, 0.25) is 5.91 Å². The van der Waals surface area contributed by atoms with Gasteiger partial charge in [0.15, 0.2) is 0 Å². The maximum absolute atomic E-state index is 12.6. The number of ether oxygens (including phenoxy) is 2. The van der Waals surface area contributed by atoms with Gasteiger partial charge < -0.3 is 14.8 Å². The van der Waals surface area contributed by atoms with Crippen LogP contribution >= 0.6 is 0 Å². The average molecular weight is 372 g/mol. The second-order valence-electron chi connectivity index (χ2n) is 6.39. The monoisotopic (exact) mass is 372 g/mol. The fourth-order valence-corrected chi connectivity index (χ4v) is 3.19. The summed E-state index contributed by atoms with van der Waals surface area (Å²) in [5, 5.41) is 7.23. The minimum atomic E-state index is -0.486. The number of nitrogens with one attached hydrogen (secondary N) is 1. The molecule has 0 unspecified atom stereocenters. The predicted molar refractivity (Wildman–Crippen MR) is 98.7 cm³/mol. The number of amides is 2. The number of hydrogen-bond acceptors (Lipinski definition) is 5. The molecule has 1 aliphatic heterocycles. The Bertz CT molecular complexity index is 805. The first-order valence-corrected chi connectivity index (χ1v) is 8.92. The van der Waals surface area contributed by atoms with E-state index in [0.29, 0.717) is 19.5 Å². The lowest BCUT2D eigenvalue weighted by atomic mass is 10.0. The second-order valence-corrected chi connectivity index (χ2v) is 6.39. The molecule has 1 atom stereocenters. The van der Waals surface area contributed by atoms with Crippen molar-refractivity contribution in [3.8, 4) is 11.4 Å². The molecule has 2 amide bonds. The highest BCUT2D eigenvalue weighted by atomic mass is 16.5. The Labute approximate surface area is 158 Å². The summed E-state index contributed by atoms with van der Waals surface area (Å²) in [7, 11) is 2.95. The Morgan fingerprint density at radius 3 is 2.93 bits per heavy atom. The Hall–Kier alpha value is -3.03. The molecule has 1 fully saturated rings. The lowest BCUT2D eigenvalue weighted by molar-refractivity contribution is -0.127. The van der Waals surface area contributed by atoms with Crippen molar-refractivity contribution in [2.24, 2.45) is 0 Å². The SMILES string of the molecule is COC(=O)N1CCCC[C@@H]1C(=O)NCc1cnn(-c2cccc(OC)c2)c1. The Kier molecular flexibility index (Phi) is 5.95. The van der Waals surface area contributed by atoms with Gasteiger partial charge in [-0.3, -0.25) is 9.69 Å². The molecule has 1 saturated heterocycles. The van der Waals surface area contributed by atoms with Gasteiger partial charge in [-0.05, 0) is 31.4 Å². The largest absolute Gasteiger partial charge is 0.497 e. The first-order valence-electron chi connectivity index (χ1n) is 8.92. The fraction of sp³-hybridized carbons (Fsp3) is 0.421. The number of methoxy groups -OCH3 is 2. The van der Waals surface area contributed by atoms with E-state index in [-0.39, 0.29) is 5.91 Å². The molecule has 0 radical (unpaired) electrons. The lowest BCUT2D eigenvalue weighted by Crippen LogP contribution is -2.51. The molecule has 1 aromatic carbocycles. The second kappa shape index (κ2) is 8.57. The summed E-state index contributed by atoms with van der Waals surface area (Å²) >= 11 is 0. The Balaban J connectivity index is 1.62. The molecule has 144 valence electrons. The van der Waals surface area contributed by atoms with Crippen LogP contribution in [0.2, 0.25) is 0 Å². The van der Waals surface area contributed by atoms with Gasteiger partial charge in [-0.1, -0.05) is 6.07 Å². The fourth-order valence-electron chi connectivity index (χ4n) is 3.19. The van der Waals surface area contributed by atoms with Crippen LogP contribution in [-0.4, -0.2) is 53.5 Å². The molecule has 1 N–H and O–H groups in total. The Morgan fingerprint density at radius 1 is 1.30 bits per heavy atom. The van der Waals surface area contributed by atoms with Gasteiger partial charge in [0.25, 0.3) is 0 Å². The minimum absolute atomic E-state index is 0.172. The van der Waals surface area contributed by atoms with Gasteiger partial charge in [-0.25, -0.2) is 9.48 Å². The highest BCUT2D eigenvalue weighted by Gasteiger charge is 2.32. The van der Waals surface area contributed by atoms with Crippen LogP contribution in [0.4, 0.5) is 4.79 Å². The van der Waals surface area contributed by atoms with E-state index in [9.17, 15) is 9.59 Å². The van der Waals surface area contributed by atoms with Gasteiger partial charge in [0, 0.05) is 30.9 Å². The molecule has 8 nitrogen and oxygen atoms in total. The third-order valence-electron chi connectivity index (χ3n) is 4.64. The number of likely N-dealkylation sites (tertiary alicyclic amines) is 1. The van der Waals surface area contributed by atoms with Crippen LogP contribution in [0.15, 0.2) is 36.7 Å². The van der Waals surface area contributed by atoms with Gasteiger partial charge in [-0.15, -0.1) is 0 Å². The van der Waals surface area contributed by atoms with Crippen LogP contribution in [0.25, 0.3) is 5.69 Å². The van der Waals surface area contributed by atoms with Crippen LogP contribution in [0.5, 0.6) is 5.75 Å². The highest BCUT2D eigenvalue weighted by Crippen LogP contribution is 2.19. The first-order chi connectivity index (χ1) is 13.1. The molecule has 8 heteroatoms. The molecule has 0 saturated carbocycles. The third-order valence-corrected chi connectivity index (χ3v) is 4.64. The number of carbonyl (C=O) groups excluding carboxylic acids is 2. The van der Waals surface area contributed by atoms with E-state index in [1.165, 1.54) is 12.0 Å². The minimum Gasteiger partial charge on any atom is -0.497 e. The molecule has 0 bridgehead atoms. The molecular weight excluding hydrogens is 348 g/mol. The van der Waals surface area contributed by atoms with E-state index < -0.39 is 12.1 Å². The molecule has 0 spiro atoms. The predicted octanol–water partition coefficient (Wildman–Crippen LogP) is 2.12. The summed E-state index contributed by atoms with van der Waals surface area (Å²) < 4.78 is 11.7. The average Bonchev–Trinajstić information content (AvgIpc) is 3.20. The molecule has 1 aliphatic rings. The van der Waals surface area contributed by atoms with Crippen molar-refractivity contribution in [2.45, 2.75) is 31.8 Å². The normalized spacial score (nSPS) is 16.7. The zero-order valence-corrected chi connectivity index (χ0v) is 15.6. The van der Waals surface area contributed by atoms with Crippen molar-refractivity contribution in [1.82, 2.24) is 20.0 Å². The standard InChI is InChI=1S/C19H24N4O4/c1-26-16-7-5-6-15(10-16)23-13-14(12-21-23)11-20-18(24)17-8-3-4-9-22(17)19(25)27-2/h5-7,10,12-13,17H,3-4,8-9,11H2,1-2H3,(H,20,24)/t17-/m1/s1. The summed E-state index contributed by atoms with van der Waals surface area (Å²) in [5.41, 5.74) is 1.74. The van der Waals surface area contributed by atoms with Crippen molar-refractivity contribution in [3.63, 3.8) is 0 Å². The van der Waals surface area contributed by atoms with Crippen molar-refractivity contribution in [3.05, 3.63) is 42.2 Å². The van der Waals surface area contributed by atoms with Crippen molar-refractivity contribution in [1.29, 1.82) is 0 Å². The number of carbonyl (C=O) groups is 2. The van der Waals surface area contributed by atoms with Crippen LogP contribution in [0, 0.1) is 0 Å².